The lowest BCUT2D eigenvalue weighted by Crippen LogP contribution is -2.49. The minimum Gasteiger partial charge on any atom is -0.496 e. The Bertz CT molecular complexity index is 1730. The van der Waals surface area contributed by atoms with Crippen LogP contribution in [0.1, 0.15) is 57.5 Å². The number of benzene rings is 3. The van der Waals surface area contributed by atoms with E-state index in [1.807, 2.05) is 0 Å². The highest BCUT2D eigenvalue weighted by atomic mass is 19.4. The molecule has 11 heteroatoms. The molecule has 0 aromatic heterocycles. The third-order valence-electron chi connectivity index (χ3n) is 9.29. The fourth-order valence-electron chi connectivity index (χ4n) is 6.97. The molecule has 0 saturated heterocycles. The molecule has 3 aromatic rings. The predicted octanol–water partition coefficient (Wildman–Crippen LogP) is 6.63. The average molecular weight is 637 g/mol. The van der Waals surface area contributed by atoms with Gasteiger partial charge in [-0.25, -0.2) is 9.18 Å². The second kappa shape index (κ2) is 12.3. The van der Waals surface area contributed by atoms with Gasteiger partial charge in [-0.2, -0.15) is 13.2 Å². The Hall–Kier alpha value is -4.67. The molecule has 2 unspecified atom stereocenters. The first-order valence-electron chi connectivity index (χ1n) is 15.1. The molecule has 240 valence electrons. The number of ether oxygens (including phenoxy) is 1. The second-order valence-electron chi connectivity index (χ2n) is 12.1. The van der Waals surface area contributed by atoms with Gasteiger partial charge in [-0.15, -0.1) is 0 Å². The monoisotopic (exact) mass is 636 g/mol. The topological polar surface area (TPSA) is 105 Å². The van der Waals surface area contributed by atoms with E-state index in [0.29, 0.717) is 5.92 Å². The molecule has 4 atom stereocenters. The third kappa shape index (κ3) is 6.10. The number of methoxy groups -OCH3 is 1. The van der Waals surface area contributed by atoms with Gasteiger partial charge in [0, 0.05) is 24.1 Å². The van der Waals surface area contributed by atoms with Gasteiger partial charge in [0.15, 0.2) is 0 Å². The molecular formula is C35H32F4N2O5. The van der Waals surface area contributed by atoms with E-state index < -0.39 is 47.3 Å². The normalized spacial score (nSPS) is 22.9. The van der Waals surface area contributed by atoms with Gasteiger partial charge in [0.2, 0.25) is 5.91 Å². The van der Waals surface area contributed by atoms with Crippen LogP contribution in [0.5, 0.6) is 5.75 Å². The van der Waals surface area contributed by atoms with Crippen molar-refractivity contribution in [2.24, 2.45) is 23.7 Å². The Morgan fingerprint density at radius 2 is 1.72 bits per heavy atom. The second-order valence-corrected chi connectivity index (χ2v) is 12.1. The minimum absolute atomic E-state index is 0.0115. The fraction of sp³-hybridized carbons (Fsp3) is 0.343. The van der Waals surface area contributed by atoms with Gasteiger partial charge >= 0.3 is 12.1 Å². The van der Waals surface area contributed by atoms with Crippen LogP contribution in [-0.4, -0.2) is 36.0 Å². The number of hydrogen-bond donors (Lipinski definition) is 3. The Morgan fingerprint density at radius 3 is 2.41 bits per heavy atom. The first-order valence-corrected chi connectivity index (χ1v) is 15.1. The zero-order chi connectivity index (χ0) is 32.7. The molecule has 6 rings (SSSR count). The lowest BCUT2D eigenvalue weighted by molar-refractivity contribution is -0.138. The number of amides is 2. The summed E-state index contributed by atoms with van der Waals surface area (Å²) < 4.78 is 61.0. The number of rotatable bonds is 9. The highest BCUT2D eigenvalue weighted by molar-refractivity contribution is 5.99. The number of allylic oxidation sites excluding steroid dienone is 1. The standard InChI is InChI=1S/C35H32F4N2O5/c1-46-29-13-9-19(24-16-20(34(44)45)8-12-28(24)36)15-26(29)32(42)41-31-23-11-10-22(25(23)14-18-6-7-18)30(31)33(43)40-17-21-4-2-3-5-27(21)35(37,38)39/h2-5,8-9,12-16,18,22-23,30-31H,6-7,10-11,17H2,1H3,(H,40,43)(H,41,42)(H,44,45)/b25-14-/t22?,23?,30-,31+/m0/s1. The SMILES string of the molecule is COc1ccc(-c2cc(C(=O)O)ccc2F)cc1C(=O)N[C@@H]1C2CCC(/C2=C/C2CC2)[C@@H]1C(=O)NCc1ccccc1C(F)(F)F. The number of fused-ring (bicyclic) bond motifs is 2. The van der Waals surface area contributed by atoms with Crippen molar-refractivity contribution in [2.45, 2.75) is 44.4 Å². The fourth-order valence-corrected chi connectivity index (χ4v) is 6.97. The van der Waals surface area contributed by atoms with Crippen molar-refractivity contribution in [3.63, 3.8) is 0 Å². The summed E-state index contributed by atoms with van der Waals surface area (Å²) >= 11 is 0. The molecule has 46 heavy (non-hydrogen) atoms. The maximum absolute atomic E-state index is 14.8. The zero-order valence-electron chi connectivity index (χ0n) is 24.9. The van der Waals surface area contributed by atoms with Gasteiger partial charge in [0.25, 0.3) is 5.91 Å². The molecule has 3 N–H and O–H groups in total. The van der Waals surface area contributed by atoms with Crippen LogP contribution in [0.2, 0.25) is 0 Å². The van der Waals surface area contributed by atoms with Gasteiger partial charge in [-0.1, -0.05) is 35.9 Å². The first-order chi connectivity index (χ1) is 22.0. The zero-order valence-corrected chi connectivity index (χ0v) is 24.9. The maximum atomic E-state index is 14.8. The number of nitrogens with one attached hydrogen (secondary N) is 2. The summed E-state index contributed by atoms with van der Waals surface area (Å²) in [5.74, 6) is -3.29. The molecule has 0 heterocycles. The van der Waals surface area contributed by atoms with Crippen molar-refractivity contribution in [1.82, 2.24) is 10.6 Å². The summed E-state index contributed by atoms with van der Waals surface area (Å²) in [4.78, 5) is 39.1. The van der Waals surface area contributed by atoms with Crippen LogP contribution in [0.25, 0.3) is 11.1 Å². The average Bonchev–Trinajstić information content (AvgIpc) is 3.71. The number of aromatic carboxylic acids is 1. The van der Waals surface area contributed by atoms with Gasteiger partial charge in [-0.3, -0.25) is 9.59 Å². The number of carbonyl (C=O) groups is 3. The van der Waals surface area contributed by atoms with Crippen molar-refractivity contribution >= 4 is 17.8 Å². The molecule has 2 bridgehead atoms. The van der Waals surface area contributed by atoms with E-state index in [-0.39, 0.29) is 51.9 Å². The quantitative estimate of drug-likeness (QED) is 0.181. The largest absolute Gasteiger partial charge is 0.496 e. The highest BCUT2D eigenvalue weighted by Crippen LogP contribution is 2.54. The third-order valence-corrected chi connectivity index (χ3v) is 9.29. The van der Waals surface area contributed by atoms with E-state index in [0.717, 1.165) is 49.5 Å². The Morgan fingerprint density at radius 1 is 0.978 bits per heavy atom. The van der Waals surface area contributed by atoms with E-state index in [2.05, 4.69) is 16.7 Å². The molecule has 0 radical (unpaired) electrons. The molecule has 3 fully saturated rings. The van der Waals surface area contributed by atoms with E-state index >= 15 is 0 Å². The predicted molar refractivity (Wildman–Crippen MR) is 160 cm³/mol. The lowest BCUT2D eigenvalue weighted by atomic mass is 9.83. The van der Waals surface area contributed by atoms with Crippen molar-refractivity contribution < 1.29 is 41.8 Å². The van der Waals surface area contributed by atoms with Gasteiger partial charge in [0.1, 0.15) is 11.6 Å². The minimum atomic E-state index is -4.57. The van der Waals surface area contributed by atoms with Crippen molar-refractivity contribution in [1.29, 1.82) is 0 Å². The summed E-state index contributed by atoms with van der Waals surface area (Å²) in [6.07, 6.45) is 1.20. The van der Waals surface area contributed by atoms with Crippen LogP contribution in [-0.2, 0) is 17.5 Å². The lowest BCUT2D eigenvalue weighted by Gasteiger charge is -2.30. The summed E-state index contributed by atoms with van der Waals surface area (Å²) in [5.41, 5.74) is 0.419. The Kier molecular flexibility index (Phi) is 8.35. The first kappa shape index (κ1) is 31.3. The molecule has 0 aliphatic heterocycles. The van der Waals surface area contributed by atoms with Crippen LogP contribution in [0.4, 0.5) is 17.6 Å². The Labute approximate surface area is 262 Å². The molecule has 0 spiro atoms. The Balaban J connectivity index is 1.29. The smallest absolute Gasteiger partial charge is 0.416 e. The van der Waals surface area contributed by atoms with Crippen LogP contribution in [0.15, 0.2) is 72.3 Å². The van der Waals surface area contributed by atoms with Crippen molar-refractivity contribution in [3.8, 4) is 16.9 Å². The number of hydrogen-bond acceptors (Lipinski definition) is 4. The van der Waals surface area contributed by atoms with E-state index in [1.165, 1.54) is 49.6 Å². The summed E-state index contributed by atoms with van der Waals surface area (Å²) in [5, 5.41) is 15.1. The maximum Gasteiger partial charge on any atom is 0.416 e. The number of halogens is 4. The highest BCUT2D eigenvalue weighted by Gasteiger charge is 2.55. The van der Waals surface area contributed by atoms with E-state index in [1.54, 1.807) is 0 Å². The van der Waals surface area contributed by atoms with Crippen molar-refractivity contribution in [3.05, 3.63) is 100 Å². The number of carbonyl (C=O) groups excluding carboxylic acids is 2. The van der Waals surface area contributed by atoms with E-state index in [4.69, 9.17) is 4.74 Å². The molecule has 3 aliphatic carbocycles. The van der Waals surface area contributed by atoms with Gasteiger partial charge in [-0.05, 0) is 85.0 Å². The molecule has 3 aromatic carbocycles. The molecule has 3 saturated carbocycles. The summed E-state index contributed by atoms with van der Waals surface area (Å²) in [6.45, 7) is -0.318. The van der Waals surface area contributed by atoms with Crippen LogP contribution in [0, 0.1) is 29.5 Å². The summed E-state index contributed by atoms with van der Waals surface area (Å²) in [6, 6.07) is 12.2. The van der Waals surface area contributed by atoms with Gasteiger partial charge < -0.3 is 20.5 Å². The molecule has 2 amide bonds. The number of carboxylic acid groups (broad SMARTS) is 1. The number of alkyl halides is 3. The molecule has 7 nitrogen and oxygen atoms in total. The van der Waals surface area contributed by atoms with Crippen LogP contribution < -0.4 is 15.4 Å². The molecule has 3 aliphatic rings. The van der Waals surface area contributed by atoms with Crippen molar-refractivity contribution in [2.75, 3.05) is 7.11 Å². The summed E-state index contributed by atoms with van der Waals surface area (Å²) in [7, 11) is 1.38. The molecular weight excluding hydrogens is 604 g/mol. The van der Waals surface area contributed by atoms with Gasteiger partial charge in [0.05, 0.1) is 29.7 Å². The number of carboxylic acids is 1. The van der Waals surface area contributed by atoms with E-state index in [9.17, 15) is 37.1 Å². The van der Waals surface area contributed by atoms with Crippen LogP contribution >= 0.6 is 0 Å². The van der Waals surface area contributed by atoms with Crippen LogP contribution in [0.3, 0.4) is 0 Å².